The van der Waals surface area contributed by atoms with Crippen LogP contribution in [0.4, 0.5) is 10.5 Å². The van der Waals surface area contributed by atoms with Crippen LogP contribution in [0.2, 0.25) is 0 Å². The van der Waals surface area contributed by atoms with Crippen LogP contribution in [0.5, 0.6) is 5.75 Å². The molecule has 2 heterocycles. The molecule has 2 rings (SSSR count). The summed E-state index contributed by atoms with van der Waals surface area (Å²) in [5.74, 6) is -0.384. The molecule has 0 unspecified atom stereocenters. The number of fused-ring (bicyclic) bond motifs is 1. The molecule has 0 saturated heterocycles. The van der Waals surface area contributed by atoms with Crippen molar-refractivity contribution in [2.24, 2.45) is 0 Å². The Morgan fingerprint density at radius 2 is 2.33 bits per heavy atom. The normalized spacial score (nSPS) is 10.5. The highest BCUT2D eigenvalue weighted by atomic mass is 16.7. The predicted molar refractivity (Wildman–Crippen MR) is 64.7 cm³/mol. The monoisotopic (exact) mass is 249 g/mol. The predicted octanol–water partition coefficient (Wildman–Crippen LogP) is 1.06. The zero-order valence-electron chi connectivity index (χ0n) is 9.58. The number of rotatable bonds is 2. The number of pyridine rings is 2. The molecule has 0 atom stereocenters. The highest BCUT2D eigenvalue weighted by Crippen LogP contribution is 2.25. The van der Waals surface area contributed by atoms with Crippen molar-refractivity contribution in [3.05, 3.63) is 28.7 Å². The maximum absolute atomic E-state index is 12.0. The third-order valence-corrected chi connectivity index (χ3v) is 2.52. The lowest BCUT2D eigenvalue weighted by Gasteiger charge is -2.11. The van der Waals surface area contributed by atoms with Crippen molar-refractivity contribution >= 4 is 22.9 Å². The third-order valence-electron chi connectivity index (χ3n) is 2.52. The van der Waals surface area contributed by atoms with Crippen LogP contribution in [0.3, 0.4) is 0 Å². The summed E-state index contributed by atoms with van der Waals surface area (Å²) < 4.78 is 5.77. The van der Waals surface area contributed by atoms with Crippen LogP contribution in [0, 0.1) is 0 Å². The molecule has 0 radical (unpaired) electrons. The number of nitrogen functional groups attached to an aromatic ring is 1. The van der Waals surface area contributed by atoms with E-state index in [2.05, 4.69) is 9.72 Å². The Labute approximate surface area is 101 Å². The van der Waals surface area contributed by atoms with Gasteiger partial charge in [-0.2, -0.15) is 0 Å². The number of anilines is 1. The maximum atomic E-state index is 12.0. The Balaban J connectivity index is 2.88. The van der Waals surface area contributed by atoms with E-state index < -0.39 is 11.7 Å². The number of aromatic nitrogens is 2. The Hall–Kier alpha value is -2.57. The number of carboxylic acid groups (broad SMARTS) is 1. The topological polar surface area (TPSA) is 107 Å². The third kappa shape index (κ3) is 1.75. The molecule has 0 fully saturated rings. The van der Waals surface area contributed by atoms with Gasteiger partial charge in [0.1, 0.15) is 5.65 Å². The largest absolute Gasteiger partial charge is 0.511 e. The van der Waals surface area contributed by atoms with Crippen LogP contribution in [0.25, 0.3) is 11.0 Å². The van der Waals surface area contributed by atoms with Gasteiger partial charge in [0.15, 0.2) is 0 Å². The van der Waals surface area contributed by atoms with Crippen molar-refractivity contribution in [1.29, 1.82) is 0 Å². The SMILES string of the molecule is CCn1c(=O)c(OC(=O)O)c(N)c2cccnc21. The molecule has 0 aliphatic rings. The number of nitrogens with zero attached hydrogens (tertiary/aromatic N) is 2. The van der Waals surface area contributed by atoms with Gasteiger partial charge in [0.05, 0.1) is 5.69 Å². The van der Waals surface area contributed by atoms with Crippen LogP contribution in [-0.4, -0.2) is 20.8 Å². The number of nitrogens with two attached hydrogens (primary N) is 1. The minimum absolute atomic E-state index is 0.0183. The van der Waals surface area contributed by atoms with Crippen LogP contribution < -0.4 is 16.0 Å². The number of aryl methyl sites for hydroxylation is 1. The van der Waals surface area contributed by atoms with E-state index in [0.29, 0.717) is 17.6 Å². The van der Waals surface area contributed by atoms with Crippen LogP contribution in [0.15, 0.2) is 23.1 Å². The van der Waals surface area contributed by atoms with Gasteiger partial charge in [-0.25, -0.2) is 9.78 Å². The van der Waals surface area contributed by atoms with Gasteiger partial charge in [-0.1, -0.05) is 0 Å². The van der Waals surface area contributed by atoms with Crippen molar-refractivity contribution in [2.45, 2.75) is 13.5 Å². The van der Waals surface area contributed by atoms with Gasteiger partial charge >= 0.3 is 6.16 Å². The Morgan fingerprint density at radius 3 is 2.94 bits per heavy atom. The number of hydrogen-bond acceptors (Lipinski definition) is 5. The second-order valence-electron chi connectivity index (χ2n) is 3.53. The molecular formula is C11H11N3O4. The summed E-state index contributed by atoms with van der Waals surface area (Å²) in [5, 5.41) is 9.09. The maximum Gasteiger partial charge on any atom is 0.511 e. The van der Waals surface area contributed by atoms with E-state index in [1.54, 1.807) is 19.1 Å². The van der Waals surface area contributed by atoms with E-state index in [4.69, 9.17) is 10.8 Å². The first kappa shape index (κ1) is 11.9. The van der Waals surface area contributed by atoms with Crippen molar-refractivity contribution in [3.8, 4) is 5.75 Å². The van der Waals surface area contributed by atoms with Gasteiger partial charge in [-0.3, -0.25) is 9.36 Å². The van der Waals surface area contributed by atoms with E-state index in [9.17, 15) is 9.59 Å². The minimum Gasteiger partial charge on any atom is -0.449 e. The lowest BCUT2D eigenvalue weighted by atomic mass is 10.2. The minimum atomic E-state index is -1.58. The summed E-state index contributed by atoms with van der Waals surface area (Å²) in [5.41, 5.74) is 5.53. The van der Waals surface area contributed by atoms with Crippen molar-refractivity contribution in [3.63, 3.8) is 0 Å². The van der Waals surface area contributed by atoms with Gasteiger partial charge in [-0.15, -0.1) is 0 Å². The zero-order chi connectivity index (χ0) is 13.3. The van der Waals surface area contributed by atoms with E-state index in [0.717, 1.165) is 0 Å². The van der Waals surface area contributed by atoms with E-state index in [1.165, 1.54) is 10.8 Å². The molecule has 2 aromatic heterocycles. The highest BCUT2D eigenvalue weighted by Gasteiger charge is 2.18. The molecule has 2 aromatic rings. The van der Waals surface area contributed by atoms with Crippen molar-refractivity contribution < 1.29 is 14.6 Å². The number of carbonyl (C=O) groups is 1. The first-order valence-corrected chi connectivity index (χ1v) is 5.24. The van der Waals surface area contributed by atoms with Gasteiger partial charge in [-0.05, 0) is 19.1 Å². The summed E-state index contributed by atoms with van der Waals surface area (Å²) in [6, 6.07) is 3.30. The first-order chi connectivity index (χ1) is 8.56. The fourth-order valence-electron chi connectivity index (χ4n) is 1.76. The number of hydrogen-bond donors (Lipinski definition) is 2. The van der Waals surface area contributed by atoms with E-state index in [1.807, 2.05) is 0 Å². The van der Waals surface area contributed by atoms with E-state index >= 15 is 0 Å². The second-order valence-corrected chi connectivity index (χ2v) is 3.53. The summed E-state index contributed by atoms with van der Waals surface area (Å²) in [6.07, 6.45) is -0.0462. The van der Waals surface area contributed by atoms with Crippen LogP contribution in [-0.2, 0) is 6.54 Å². The van der Waals surface area contributed by atoms with Gasteiger partial charge < -0.3 is 15.6 Å². The molecular weight excluding hydrogens is 238 g/mol. The van der Waals surface area contributed by atoms with Crippen LogP contribution in [0.1, 0.15) is 6.92 Å². The Bertz CT molecular complexity index is 678. The standard InChI is InChI=1S/C11H11N3O4/c1-2-14-9-6(4-3-5-13-9)7(12)8(10(14)15)18-11(16)17/h3-5H,2,12H2,1H3,(H,16,17). The fraction of sp³-hybridized carbons (Fsp3) is 0.182. The van der Waals surface area contributed by atoms with Crippen molar-refractivity contribution in [2.75, 3.05) is 5.73 Å². The lowest BCUT2D eigenvalue weighted by molar-refractivity contribution is 0.144. The first-order valence-electron chi connectivity index (χ1n) is 5.24. The molecule has 7 nitrogen and oxygen atoms in total. The molecule has 0 amide bonds. The summed E-state index contributed by atoms with van der Waals surface area (Å²) in [6.45, 7) is 2.08. The fourth-order valence-corrected chi connectivity index (χ4v) is 1.76. The summed E-state index contributed by atoms with van der Waals surface area (Å²) in [7, 11) is 0. The molecule has 0 aromatic carbocycles. The Kier molecular flexibility index (Phi) is 2.88. The molecule has 0 aliphatic heterocycles. The Morgan fingerprint density at radius 1 is 1.61 bits per heavy atom. The van der Waals surface area contributed by atoms with Crippen molar-refractivity contribution in [1.82, 2.24) is 9.55 Å². The average Bonchev–Trinajstić information content (AvgIpc) is 2.35. The molecule has 0 spiro atoms. The molecule has 0 saturated carbocycles. The van der Waals surface area contributed by atoms with Crippen LogP contribution >= 0.6 is 0 Å². The molecule has 7 heteroatoms. The number of ether oxygens (including phenoxy) is 1. The molecule has 18 heavy (non-hydrogen) atoms. The smallest absolute Gasteiger partial charge is 0.449 e. The summed E-state index contributed by atoms with van der Waals surface area (Å²) >= 11 is 0. The molecule has 0 aliphatic carbocycles. The second kappa shape index (κ2) is 4.36. The van der Waals surface area contributed by atoms with Gasteiger partial charge in [0, 0.05) is 18.1 Å². The van der Waals surface area contributed by atoms with Gasteiger partial charge in [0.2, 0.25) is 5.75 Å². The average molecular weight is 249 g/mol. The molecule has 3 N–H and O–H groups in total. The lowest BCUT2D eigenvalue weighted by Crippen LogP contribution is -2.25. The van der Waals surface area contributed by atoms with E-state index in [-0.39, 0.29) is 11.4 Å². The highest BCUT2D eigenvalue weighted by molar-refractivity contribution is 5.91. The van der Waals surface area contributed by atoms with Gasteiger partial charge in [0.25, 0.3) is 5.56 Å². The molecule has 94 valence electrons. The quantitative estimate of drug-likeness (QED) is 0.770. The zero-order valence-corrected chi connectivity index (χ0v) is 9.58. The molecule has 0 bridgehead atoms. The summed E-state index contributed by atoms with van der Waals surface area (Å²) in [4.78, 5) is 26.7.